The molecule has 0 N–H and O–H groups in total. The van der Waals surface area contributed by atoms with E-state index in [0.717, 1.165) is 17.3 Å². The number of hydrogen-bond donors (Lipinski definition) is 0. The molecule has 1 nitrogen and oxygen atoms in total. The summed E-state index contributed by atoms with van der Waals surface area (Å²) < 4.78 is 0. The predicted molar refractivity (Wildman–Crippen MR) is 67.1 cm³/mol. The van der Waals surface area contributed by atoms with Crippen molar-refractivity contribution in [1.29, 1.82) is 0 Å². The average molecular weight is 262 g/mol. The predicted octanol–water partition coefficient (Wildman–Crippen LogP) is 3.67. The third-order valence-electron chi connectivity index (χ3n) is 3.51. The zero-order chi connectivity index (χ0) is 10.4. The van der Waals surface area contributed by atoms with Crippen LogP contribution < -0.4 is 0 Å². The van der Waals surface area contributed by atoms with E-state index in [9.17, 15) is 0 Å². The number of nitrogens with zero attached hydrogens (tertiary/aromatic N) is 1. The Labute approximate surface area is 97.4 Å². The van der Waals surface area contributed by atoms with Crippen LogP contribution in [-0.2, 0) is 0 Å². The second kappa shape index (κ2) is 6.84. The quantitative estimate of drug-likeness (QED) is 0.683. The van der Waals surface area contributed by atoms with Crippen LogP contribution in [0.5, 0.6) is 0 Å². The molecule has 0 aromatic carbocycles. The summed E-state index contributed by atoms with van der Waals surface area (Å²) in [5, 5.41) is 1.16. The summed E-state index contributed by atoms with van der Waals surface area (Å²) in [7, 11) is 0. The minimum absolute atomic E-state index is 0.849. The smallest absolute Gasteiger partial charge is 0.00927 e. The van der Waals surface area contributed by atoms with Gasteiger partial charge in [-0.2, -0.15) is 0 Å². The molecule has 1 aliphatic heterocycles. The van der Waals surface area contributed by atoms with E-state index in [0.29, 0.717) is 0 Å². The maximum atomic E-state index is 3.62. The van der Waals surface area contributed by atoms with Crippen LogP contribution in [0, 0.1) is 5.92 Å². The molecule has 84 valence electrons. The number of likely N-dealkylation sites (tertiary alicyclic amines) is 1. The van der Waals surface area contributed by atoms with Crippen LogP contribution in [0.1, 0.15) is 46.0 Å². The summed E-state index contributed by atoms with van der Waals surface area (Å²) in [5.74, 6) is 0.849. The van der Waals surface area contributed by atoms with Gasteiger partial charge in [0.25, 0.3) is 0 Å². The fraction of sp³-hybridized carbons (Fsp3) is 1.00. The number of alkyl halides is 1. The van der Waals surface area contributed by atoms with Crippen molar-refractivity contribution in [2.24, 2.45) is 5.92 Å². The van der Waals surface area contributed by atoms with Crippen molar-refractivity contribution >= 4 is 15.9 Å². The summed E-state index contributed by atoms with van der Waals surface area (Å²) in [5.41, 5.74) is 0. The highest BCUT2D eigenvalue weighted by Crippen LogP contribution is 2.21. The minimum Gasteiger partial charge on any atom is -0.300 e. The summed E-state index contributed by atoms with van der Waals surface area (Å²) in [6.07, 6.45) is 6.92. The molecule has 0 radical (unpaired) electrons. The molecule has 0 spiro atoms. The molecule has 0 aromatic heterocycles. The Morgan fingerprint density at radius 3 is 2.71 bits per heavy atom. The molecule has 1 heterocycles. The second-order valence-corrected chi connectivity index (χ2v) is 5.13. The first-order valence-electron chi connectivity index (χ1n) is 6.11. The van der Waals surface area contributed by atoms with Gasteiger partial charge < -0.3 is 4.90 Å². The maximum absolute atomic E-state index is 3.62. The Bertz CT molecular complexity index is 145. The van der Waals surface area contributed by atoms with E-state index in [1.807, 2.05) is 0 Å². The molecule has 1 saturated heterocycles. The first-order valence-corrected chi connectivity index (χ1v) is 7.23. The van der Waals surface area contributed by atoms with Gasteiger partial charge in [0.15, 0.2) is 0 Å². The Kier molecular flexibility index (Phi) is 6.11. The highest BCUT2D eigenvalue weighted by atomic mass is 79.9. The maximum Gasteiger partial charge on any atom is 0.00927 e. The van der Waals surface area contributed by atoms with Gasteiger partial charge in [-0.15, -0.1) is 0 Å². The summed E-state index contributed by atoms with van der Waals surface area (Å²) in [6, 6.07) is 0.872. The zero-order valence-corrected chi connectivity index (χ0v) is 11.2. The molecule has 2 unspecified atom stereocenters. The highest BCUT2D eigenvalue weighted by Gasteiger charge is 2.22. The molecule has 1 fully saturated rings. The third-order valence-corrected chi connectivity index (χ3v) is 4.42. The average Bonchev–Trinajstić information content (AvgIpc) is 2.26. The van der Waals surface area contributed by atoms with Crippen LogP contribution in [0.25, 0.3) is 0 Å². The fourth-order valence-corrected chi connectivity index (χ4v) is 3.04. The molecule has 0 bridgehead atoms. The first kappa shape index (κ1) is 12.5. The summed E-state index contributed by atoms with van der Waals surface area (Å²) in [4.78, 5) is 2.72. The van der Waals surface area contributed by atoms with Gasteiger partial charge in [0, 0.05) is 17.9 Å². The van der Waals surface area contributed by atoms with Gasteiger partial charge >= 0.3 is 0 Å². The van der Waals surface area contributed by atoms with Gasteiger partial charge in [0.1, 0.15) is 0 Å². The normalized spacial score (nSPS) is 26.4. The summed E-state index contributed by atoms with van der Waals surface area (Å²) in [6.45, 7) is 7.27. The van der Waals surface area contributed by atoms with Gasteiger partial charge in [0.05, 0.1) is 0 Å². The lowest BCUT2D eigenvalue weighted by Crippen LogP contribution is -2.42. The van der Waals surface area contributed by atoms with E-state index in [1.54, 1.807) is 0 Å². The molecular weight excluding hydrogens is 238 g/mol. The number of piperidine rings is 1. The molecular formula is C12H24BrN. The monoisotopic (exact) mass is 261 g/mol. The molecule has 0 aromatic rings. The van der Waals surface area contributed by atoms with Crippen molar-refractivity contribution in [2.45, 2.75) is 52.0 Å². The van der Waals surface area contributed by atoms with Crippen LogP contribution in [0.4, 0.5) is 0 Å². The molecule has 1 aliphatic rings. The van der Waals surface area contributed by atoms with Crippen LogP contribution >= 0.6 is 15.9 Å². The van der Waals surface area contributed by atoms with Gasteiger partial charge in [-0.1, -0.05) is 42.6 Å². The van der Waals surface area contributed by atoms with Crippen molar-refractivity contribution in [3.8, 4) is 0 Å². The van der Waals surface area contributed by atoms with Gasteiger partial charge in [-0.3, -0.25) is 0 Å². The number of halogens is 1. The van der Waals surface area contributed by atoms with E-state index in [-0.39, 0.29) is 0 Å². The largest absolute Gasteiger partial charge is 0.300 e. The molecule has 2 heteroatoms. The lowest BCUT2D eigenvalue weighted by atomic mass is 9.98. The first-order chi connectivity index (χ1) is 6.81. The van der Waals surface area contributed by atoms with E-state index >= 15 is 0 Å². The van der Waals surface area contributed by atoms with Crippen LogP contribution in [0.15, 0.2) is 0 Å². The summed E-state index contributed by atoms with van der Waals surface area (Å²) >= 11 is 3.62. The van der Waals surface area contributed by atoms with Crippen LogP contribution in [0.3, 0.4) is 0 Å². The molecule has 2 atom stereocenters. The fourth-order valence-electron chi connectivity index (χ4n) is 2.38. The second-order valence-electron chi connectivity index (χ2n) is 4.48. The van der Waals surface area contributed by atoms with E-state index in [1.165, 1.54) is 45.2 Å². The SMILES string of the molecule is CCC(CBr)CN1CCCCC1CC. The molecule has 0 saturated carbocycles. The lowest BCUT2D eigenvalue weighted by Gasteiger charge is -2.37. The van der Waals surface area contributed by atoms with Crippen molar-refractivity contribution in [1.82, 2.24) is 4.90 Å². The van der Waals surface area contributed by atoms with E-state index in [2.05, 4.69) is 34.7 Å². The molecule has 0 aliphatic carbocycles. The van der Waals surface area contributed by atoms with Gasteiger partial charge in [-0.05, 0) is 31.7 Å². The van der Waals surface area contributed by atoms with Crippen molar-refractivity contribution in [3.05, 3.63) is 0 Å². The Morgan fingerprint density at radius 2 is 2.14 bits per heavy atom. The molecule has 0 amide bonds. The standard InChI is InChI=1S/C12H24BrN/c1-3-11(9-13)10-14-8-6-5-7-12(14)4-2/h11-12H,3-10H2,1-2H3. The molecule has 14 heavy (non-hydrogen) atoms. The number of hydrogen-bond acceptors (Lipinski definition) is 1. The van der Waals surface area contributed by atoms with Crippen LogP contribution in [-0.4, -0.2) is 29.4 Å². The van der Waals surface area contributed by atoms with Crippen molar-refractivity contribution in [3.63, 3.8) is 0 Å². The third kappa shape index (κ3) is 3.54. The van der Waals surface area contributed by atoms with E-state index in [4.69, 9.17) is 0 Å². The topological polar surface area (TPSA) is 3.24 Å². The number of rotatable bonds is 5. The van der Waals surface area contributed by atoms with Gasteiger partial charge in [-0.25, -0.2) is 0 Å². The van der Waals surface area contributed by atoms with Crippen LogP contribution in [0.2, 0.25) is 0 Å². The van der Waals surface area contributed by atoms with Gasteiger partial charge in [0.2, 0.25) is 0 Å². The highest BCUT2D eigenvalue weighted by molar-refractivity contribution is 9.09. The molecule has 1 rings (SSSR count). The van der Waals surface area contributed by atoms with Crippen molar-refractivity contribution < 1.29 is 0 Å². The Morgan fingerprint density at radius 1 is 1.36 bits per heavy atom. The van der Waals surface area contributed by atoms with Crippen molar-refractivity contribution in [2.75, 3.05) is 18.4 Å². The van der Waals surface area contributed by atoms with E-state index < -0.39 is 0 Å². The Balaban J connectivity index is 2.39. The lowest BCUT2D eigenvalue weighted by molar-refractivity contribution is 0.125. The zero-order valence-electron chi connectivity index (χ0n) is 9.64. The minimum atomic E-state index is 0.849. The Hall–Kier alpha value is 0.440.